The van der Waals surface area contributed by atoms with Crippen molar-refractivity contribution in [2.45, 2.75) is 30.2 Å². The lowest BCUT2D eigenvalue weighted by molar-refractivity contribution is 0.213. The van der Waals surface area contributed by atoms with E-state index in [-0.39, 0.29) is 23.5 Å². The third-order valence-electron chi connectivity index (χ3n) is 3.32. The van der Waals surface area contributed by atoms with Crippen LogP contribution in [0.1, 0.15) is 19.3 Å². The van der Waals surface area contributed by atoms with Gasteiger partial charge >= 0.3 is 0 Å². The molecule has 0 amide bonds. The number of halogens is 1. The molecule has 1 saturated carbocycles. The Morgan fingerprint density at radius 1 is 1.28 bits per heavy atom. The molecule has 0 aromatic heterocycles. The van der Waals surface area contributed by atoms with E-state index >= 15 is 0 Å². The van der Waals surface area contributed by atoms with Gasteiger partial charge in [0.2, 0.25) is 10.0 Å². The number of nitrogens with one attached hydrogen (secondary N) is 1. The van der Waals surface area contributed by atoms with E-state index in [1.54, 1.807) is 12.1 Å². The summed E-state index contributed by atoms with van der Waals surface area (Å²) in [5.41, 5.74) is 0. The van der Waals surface area contributed by atoms with Crippen LogP contribution >= 0.6 is 11.6 Å². The van der Waals surface area contributed by atoms with Crippen LogP contribution in [0.2, 0.25) is 5.02 Å². The van der Waals surface area contributed by atoms with Crippen LogP contribution in [0.3, 0.4) is 0 Å². The zero-order valence-corrected chi connectivity index (χ0v) is 11.4. The van der Waals surface area contributed by atoms with Gasteiger partial charge in [-0.3, -0.25) is 0 Å². The lowest BCUT2D eigenvalue weighted by Crippen LogP contribution is -2.38. The average molecular weight is 290 g/mol. The molecule has 1 aliphatic rings. The minimum atomic E-state index is -3.52. The maximum atomic E-state index is 12.1. The summed E-state index contributed by atoms with van der Waals surface area (Å²) in [5, 5.41) is 9.69. The zero-order chi connectivity index (χ0) is 13.2. The van der Waals surface area contributed by atoms with Gasteiger partial charge < -0.3 is 5.11 Å². The third-order valence-corrected chi connectivity index (χ3v) is 5.08. The summed E-state index contributed by atoms with van der Waals surface area (Å²) < 4.78 is 26.9. The topological polar surface area (TPSA) is 66.4 Å². The number of hydrogen-bond acceptors (Lipinski definition) is 3. The van der Waals surface area contributed by atoms with Crippen LogP contribution in [0.5, 0.6) is 0 Å². The molecule has 0 spiro atoms. The molecule has 2 rings (SSSR count). The van der Waals surface area contributed by atoms with Crippen LogP contribution in [0.4, 0.5) is 0 Å². The van der Waals surface area contributed by atoms with Crippen molar-refractivity contribution in [1.29, 1.82) is 0 Å². The molecule has 1 fully saturated rings. The predicted octanol–water partition coefficient (Wildman–Crippen LogP) is 1.78. The number of hydrogen-bond donors (Lipinski definition) is 2. The maximum Gasteiger partial charge on any atom is 0.240 e. The first-order chi connectivity index (χ1) is 8.53. The van der Waals surface area contributed by atoms with Crippen molar-refractivity contribution in [3.63, 3.8) is 0 Å². The molecule has 2 N–H and O–H groups in total. The van der Waals surface area contributed by atoms with E-state index < -0.39 is 10.0 Å². The standard InChI is InChI=1S/C12H16ClNO3S/c13-10-4-6-11(7-5-10)18(16,17)14-12-3-1-2-9(12)8-15/h4-7,9,12,14-15H,1-3,8H2/t9-,12+/m1/s1. The largest absolute Gasteiger partial charge is 0.396 e. The monoisotopic (exact) mass is 289 g/mol. The molecule has 6 heteroatoms. The first-order valence-corrected chi connectivity index (χ1v) is 7.78. The Labute approximate surface area is 112 Å². The SMILES string of the molecule is O=S(=O)(N[C@H]1CCC[C@@H]1CO)c1ccc(Cl)cc1. The molecule has 0 radical (unpaired) electrons. The maximum absolute atomic E-state index is 12.1. The summed E-state index contributed by atoms with van der Waals surface area (Å²) in [6, 6.07) is 5.89. The summed E-state index contributed by atoms with van der Waals surface area (Å²) in [4.78, 5) is 0.204. The molecule has 4 nitrogen and oxygen atoms in total. The van der Waals surface area contributed by atoms with Crippen molar-refractivity contribution in [3.05, 3.63) is 29.3 Å². The minimum Gasteiger partial charge on any atom is -0.396 e. The van der Waals surface area contributed by atoms with E-state index in [0.717, 1.165) is 19.3 Å². The van der Waals surface area contributed by atoms with Crippen molar-refractivity contribution in [2.75, 3.05) is 6.61 Å². The second-order valence-corrected chi connectivity index (χ2v) is 6.71. The lowest BCUT2D eigenvalue weighted by Gasteiger charge is -2.18. The van der Waals surface area contributed by atoms with Crippen molar-refractivity contribution < 1.29 is 13.5 Å². The van der Waals surface area contributed by atoms with E-state index in [4.69, 9.17) is 11.6 Å². The Morgan fingerprint density at radius 2 is 1.94 bits per heavy atom. The molecule has 100 valence electrons. The highest BCUT2D eigenvalue weighted by Gasteiger charge is 2.30. The van der Waals surface area contributed by atoms with E-state index in [0.29, 0.717) is 5.02 Å². The van der Waals surface area contributed by atoms with Crippen molar-refractivity contribution >= 4 is 21.6 Å². The summed E-state index contributed by atoms with van der Waals surface area (Å²) in [6.45, 7) is 0.0216. The van der Waals surface area contributed by atoms with Crippen LogP contribution < -0.4 is 4.72 Å². The summed E-state index contributed by atoms with van der Waals surface area (Å²) in [7, 11) is -3.52. The van der Waals surface area contributed by atoms with Crippen molar-refractivity contribution in [1.82, 2.24) is 4.72 Å². The molecule has 1 aromatic rings. The molecular formula is C12H16ClNO3S. The zero-order valence-electron chi connectivity index (χ0n) is 9.84. The van der Waals surface area contributed by atoms with Gasteiger partial charge in [-0.15, -0.1) is 0 Å². The first-order valence-electron chi connectivity index (χ1n) is 5.91. The van der Waals surface area contributed by atoms with E-state index in [2.05, 4.69) is 4.72 Å². The quantitative estimate of drug-likeness (QED) is 0.888. The molecule has 18 heavy (non-hydrogen) atoms. The van der Waals surface area contributed by atoms with Gasteiger partial charge in [0.05, 0.1) is 4.90 Å². The fourth-order valence-corrected chi connectivity index (χ4v) is 3.76. The summed E-state index contributed by atoms with van der Waals surface area (Å²) in [5.74, 6) is 0.0204. The highest BCUT2D eigenvalue weighted by atomic mass is 35.5. The molecule has 0 bridgehead atoms. The molecule has 0 unspecified atom stereocenters. The van der Waals surface area contributed by atoms with Crippen LogP contribution in [-0.2, 0) is 10.0 Å². The number of aliphatic hydroxyl groups is 1. The summed E-state index contributed by atoms with van der Waals surface area (Å²) >= 11 is 5.73. The second-order valence-electron chi connectivity index (χ2n) is 4.56. The normalized spacial score (nSPS) is 24.3. The fraction of sp³-hybridized carbons (Fsp3) is 0.500. The van der Waals surface area contributed by atoms with Crippen LogP contribution in [-0.4, -0.2) is 26.2 Å². The van der Waals surface area contributed by atoms with Crippen molar-refractivity contribution in [2.24, 2.45) is 5.92 Å². The molecule has 0 aliphatic heterocycles. The fourth-order valence-electron chi connectivity index (χ4n) is 2.29. The van der Waals surface area contributed by atoms with Crippen LogP contribution in [0.25, 0.3) is 0 Å². The molecule has 1 aromatic carbocycles. The highest BCUT2D eigenvalue weighted by molar-refractivity contribution is 7.89. The van der Waals surface area contributed by atoms with Crippen LogP contribution in [0.15, 0.2) is 29.2 Å². The number of aliphatic hydroxyl groups excluding tert-OH is 1. The van der Waals surface area contributed by atoms with Gasteiger partial charge in [0, 0.05) is 17.7 Å². The van der Waals surface area contributed by atoms with E-state index in [9.17, 15) is 13.5 Å². The summed E-state index contributed by atoms with van der Waals surface area (Å²) in [6.07, 6.45) is 2.58. The number of sulfonamides is 1. The van der Waals surface area contributed by atoms with Gasteiger partial charge in [0.1, 0.15) is 0 Å². The average Bonchev–Trinajstić information content (AvgIpc) is 2.76. The predicted molar refractivity (Wildman–Crippen MR) is 70.0 cm³/mol. The molecule has 1 aliphatic carbocycles. The van der Waals surface area contributed by atoms with Gasteiger partial charge in [-0.1, -0.05) is 18.0 Å². The van der Waals surface area contributed by atoms with Gasteiger partial charge in [-0.05, 0) is 43.0 Å². The smallest absolute Gasteiger partial charge is 0.240 e. The third kappa shape index (κ3) is 3.03. The number of rotatable bonds is 4. The number of benzene rings is 1. The molecule has 2 atom stereocenters. The Kier molecular flexibility index (Phi) is 4.27. The molecule has 0 heterocycles. The highest BCUT2D eigenvalue weighted by Crippen LogP contribution is 2.26. The second kappa shape index (κ2) is 5.57. The van der Waals surface area contributed by atoms with Gasteiger partial charge in [0.15, 0.2) is 0 Å². The minimum absolute atomic E-state index is 0.0204. The Balaban J connectivity index is 2.14. The molecular weight excluding hydrogens is 274 g/mol. The van der Waals surface area contributed by atoms with Gasteiger partial charge in [-0.25, -0.2) is 13.1 Å². The van der Waals surface area contributed by atoms with E-state index in [1.807, 2.05) is 0 Å². The first kappa shape index (κ1) is 13.8. The van der Waals surface area contributed by atoms with Crippen molar-refractivity contribution in [3.8, 4) is 0 Å². The van der Waals surface area contributed by atoms with Crippen LogP contribution in [0, 0.1) is 5.92 Å². The Hall–Kier alpha value is -0.620. The van der Waals surface area contributed by atoms with E-state index in [1.165, 1.54) is 12.1 Å². The molecule has 0 saturated heterocycles. The lowest BCUT2D eigenvalue weighted by atomic mass is 10.1. The van der Waals surface area contributed by atoms with Gasteiger partial charge in [-0.2, -0.15) is 0 Å². The Morgan fingerprint density at radius 3 is 2.56 bits per heavy atom. The van der Waals surface area contributed by atoms with Gasteiger partial charge in [0.25, 0.3) is 0 Å². The Bertz CT molecular complexity index is 501.